The summed E-state index contributed by atoms with van der Waals surface area (Å²) in [5, 5.41) is 9.17. The van der Waals surface area contributed by atoms with E-state index in [1.807, 2.05) is 0 Å². The molecule has 2 fully saturated rings. The summed E-state index contributed by atoms with van der Waals surface area (Å²) in [5.74, 6) is 2.53. The standard InChI is InChI=1S/C16H28O/c1-4-12(2)14-7-8-15-13(9-11-17)6-5-10-16(14,15)3/h9,12,14-15,17H,4-8,10-11H2,1-3H3/b13-9+/t12-,14+,15-,16+/m0/s1. The zero-order valence-corrected chi connectivity index (χ0v) is 11.7. The maximum Gasteiger partial charge on any atom is 0.0615 e. The Balaban J connectivity index is 2.22. The van der Waals surface area contributed by atoms with E-state index >= 15 is 0 Å². The molecule has 0 saturated heterocycles. The summed E-state index contributed by atoms with van der Waals surface area (Å²) in [5.41, 5.74) is 2.08. The van der Waals surface area contributed by atoms with Crippen LogP contribution in [0.15, 0.2) is 11.6 Å². The minimum Gasteiger partial charge on any atom is -0.392 e. The fraction of sp³-hybridized carbons (Fsp3) is 0.875. The lowest BCUT2D eigenvalue weighted by Gasteiger charge is -2.44. The first-order valence-electron chi connectivity index (χ1n) is 7.43. The first kappa shape index (κ1) is 13.1. The highest BCUT2D eigenvalue weighted by molar-refractivity contribution is 5.18. The van der Waals surface area contributed by atoms with Crippen molar-refractivity contribution in [1.82, 2.24) is 0 Å². The second-order valence-corrected chi connectivity index (χ2v) is 6.44. The van der Waals surface area contributed by atoms with Crippen molar-refractivity contribution in [3.63, 3.8) is 0 Å². The molecule has 0 unspecified atom stereocenters. The van der Waals surface area contributed by atoms with Crippen LogP contribution >= 0.6 is 0 Å². The Labute approximate surface area is 106 Å². The van der Waals surface area contributed by atoms with Gasteiger partial charge in [0.05, 0.1) is 6.61 Å². The van der Waals surface area contributed by atoms with Gasteiger partial charge in [-0.05, 0) is 55.3 Å². The summed E-state index contributed by atoms with van der Waals surface area (Å²) in [7, 11) is 0. The van der Waals surface area contributed by atoms with E-state index < -0.39 is 0 Å². The number of rotatable bonds is 3. The highest BCUT2D eigenvalue weighted by atomic mass is 16.2. The van der Waals surface area contributed by atoms with Crippen molar-refractivity contribution in [3.8, 4) is 0 Å². The fourth-order valence-corrected chi connectivity index (χ4v) is 4.66. The summed E-state index contributed by atoms with van der Waals surface area (Å²) < 4.78 is 0. The molecular weight excluding hydrogens is 208 g/mol. The number of fused-ring (bicyclic) bond motifs is 1. The molecule has 0 aliphatic heterocycles. The lowest BCUT2D eigenvalue weighted by molar-refractivity contribution is 0.0955. The van der Waals surface area contributed by atoms with Gasteiger partial charge in [-0.25, -0.2) is 0 Å². The number of allylic oxidation sites excluding steroid dienone is 1. The van der Waals surface area contributed by atoms with E-state index in [9.17, 15) is 0 Å². The molecule has 1 heteroatoms. The minimum atomic E-state index is 0.232. The van der Waals surface area contributed by atoms with Gasteiger partial charge >= 0.3 is 0 Å². The van der Waals surface area contributed by atoms with Crippen LogP contribution in [0.5, 0.6) is 0 Å². The molecule has 98 valence electrons. The van der Waals surface area contributed by atoms with E-state index in [1.54, 1.807) is 5.57 Å². The van der Waals surface area contributed by atoms with Gasteiger partial charge in [-0.1, -0.05) is 38.8 Å². The van der Waals surface area contributed by atoms with Gasteiger partial charge in [-0.2, -0.15) is 0 Å². The predicted octanol–water partition coefficient (Wildman–Crippen LogP) is 4.17. The Hall–Kier alpha value is -0.300. The molecule has 0 bridgehead atoms. The quantitative estimate of drug-likeness (QED) is 0.729. The lowest BCUT2D eigenvalue weighted by Crippen LogP contribution is -2.35. The van der Waals surface area contributed by atoms with Gasteiger partial charge in [0.2, 0.25) is 0 Å². The minimum absolute atomic E-state index is 0.232. The second-order valence-electron chi connectivity index (χ2n) is 6.44. The van der Waals surface area contributed by atoms with Crippen LogP contribution in [-0.4, -0.2) is 11.7 Å². The van der Waals surface area contributed by atoms with Crippen LogP contribution in [0.2, 0.25) is 0 Å². The van der Waals surface area contributed by atoms with Crippen LogP contribution < -0.4 is 0 Å². The zero-order valence-electron chi connectivity index (χ0n) is 11.7. The Kier molecular flexibility index (Phi) is 3.97. The van der Waals surface area contributed by atoms with Crippen molar-refractivity contribution in [1.29, 1.82) is 0 Å². The van der Waals surface area contributed by atoms with Crippen molar-refractivity contribution >= 4 is 0 Å². The molecule has 0 amide bonds. The Morgan fingerprint density at radius 2 is 2.24 bits per heavy atom. The van der Waals surface area contributed by atoms with E-state index in [0.29, 0.717) is 5.41 Å². The highest BCUT2D eigenvalue weighted by Gasteiger charge is 2.50. The Bertz CT molecular complexity index is 294. The van der Waals surface area contributed by atoms with Crippen LogP contribution in [0, 0.1) is 23.2 Å². The van der Waals surface area contributed by atoms with Crippen molar-refractivity contribution in [2.75, 3.05) is 6.61 Å². The van der Waals surface area contributed by atoms with Gasteiger partial charge in [0.15, 0.2) is 0 Å². The number of aliphatic hydroxyl groups excluding tert-OH is 1. The van der Waals surface area contributed by atoms with Crippen molar-refractivity contribution in [3.05, 3.63) is 11.6 Å². The van der Waals surface area contributed by atoms with E-state index in [4.69, 9.17) is 5.11 Å². The molecule has 0 spiro atoms. The molecule has 2 aliphatic carbocycles. The average molecular weight is 236 g/mol. The summed E-state index contributed by atoms with van der Waals surface area (Å²) in [4.78, 5) is 0. The number of hydrogen-bond acceptors (Lipinski definition) is 1. The first-order valence-corrected chi connectivity index (χ1v) is 7.43. The lowest BCUT2D eigenvalue weighted by atomic mass is 9.61. The van der Waals surface area contributed by atoms with Gasteiger partial charge in [0.25, 0.3) is 0 Å². The van der Waals surface area contributed by atoms with Crippen molar-refractivity contribution in [2.45, 2.75) is 59.3 Å². The number of hydrogen-bond donors (Lipinski definition) is 1. The summed E-state index contributed by atoms with van der Waals surface area (Å²) in [6.45, 7) is 7.51. The van der Waals surface area contributed by atoms with Gasteiger partial charge < -0.3 is 5.11 Å². The maximum absolute atomic E-state index is 9.17. The molecule has 0 aromatic heterocycles. The Morgan fingerprint density at radius 3 is 2.88 bits per heavy atom. The van der Waals surface area contributed by atoms with Crippen LogP contribution in [-0.2, 0) is 0 Å². The third kappa shape index (κ3) is 2.19. The van der Waals surface area contributed by atoms with Crippen molar-refractivity contribution < 1.29 is 5.11 Å². The molecular formula is C16H28O. The molecule has 1 N–H and O–H groups in total. The van der Waals surface area contributed by atoms with Crippen LogP contribution in [0.4, 0.5) is 0 Å². The molecule has 0 aromatic carbocycles. The molecule has 1 nitrogen and oxygen atoms in total. The third-order valence-electron chi connectivity index (χ3n) is 5.72. The van der Waals surface area contributed by atoms with Gasteiger partial charge in [-0.15, -0.1) is 0 Å². The maximum atomic E-state index is 9.17. The average Bonchev–Trinajstić information content (AvgIpc) is 2.67. The zero-order chi connectivity index (χ0) is 12.5. The second kappa shape index (κ2) is 5.14. The van der Waals surface area contributed by atoms with Crippen LogP contribution in [0.25, 0.3) is 0 Å². The van der Waals surface area contributed by atoms with E-state index in [2.05, 4.69) is 26.8 Å². The molecule has 2 aliphatic rings. The highest BCUT2D eigenvalue weighted by Crippen LogP contribution is 2.59. The summed E-state index contributed by atoms with van der Waals surface area (Å²) in [6.07, 6.45) is 10.1. The monoisotopic (exact) mass is 236 g/mol. The predicted molar refractivity (Wildman–Crippen MR) is 72.8 cm³/mol. The third-order valence-corrected chi connectivity index (χ3v) is 5.72. The van der Waals surface area contributed by atoms with Crippen LogP contribution in [0.3, 0.4) is 0 Å². The fourth-order valence-electron chi connectivity index (χ4n) is 4.66. The Morgan fingerprint density at radius 1 is 1.47 bits per heavy atom. The SMILES string of the molecule is CC[C@H](C)[C@H]1CC[C@H]2/C(=C/CO)CCC[C@]12C. The molecule has 4 atom stereocenters. The van der Waals surface area contributed by atoms with Gasteiger partial charge in [-0.3, -0.25) is 0 Å². The van der Waals surface area contributed by atoms with E-state index in [1.165, 1.54) is 38.5 Å². The molecule has 0 aromatic rings. The summed E-state index contributed by atoms with van der Waals surface area (Å²) in [6, 6.07) is 0. The topological polar surface area (TPSA) is 20.2 Å². The van der Waals surface area contributed by atoms with E-state index in [0.717, 1.165) is 17.8 Å². The van der Waals surface area contributed by atoms with E-state index in [-0.39, 0.29) is 6.61 Å². The molecule has 0 heterocycles. The molecule has 17 heavy (non-hydrogen) atoms. The summed E-state index contributed by atoms with van der Waals surface area (Å²) >= 11 is 0. The van der Waals surface area contributed by atoms with Crippen LogP contribution in [0.1, 0.15) is 59.3 Å². The normalized spacial score (nSPS) is 41.5. The van der Waals surface area contributed by atoms with Gasteiger partial charge in [0.1, 0.15) is 0 Å². The molecule has 2 saturated carbocycles. The van der Waals surface area contributed by atoms with Crippen molar-refractivity contribution in [2.24, 2.45) is 23.2 Å². The smallest absolute Gasteiger partial charge is 0.0615 e. The first-order chi connectivity index (χ1) is 8.13. The largest absolute Gasteiger partial charge is 0.392 e. The molecule has 0 radical (unpaired) electrons. The molecule has 2 rings (SSSR count). The number of aliphatic hydroxyl groups is 1. The van der Waals surface area contributed by atoms with Gasteiger partial charge in [0, 0.05) is 0 Å².